The highest BCUT2D eigenvalue weighted by molar-refractivity contribution is 7.89. The minimum Gasteiger partial charge on any atom is -0.377 e. The number of carbonyl (C=O) groups is 1. The maximum absolute atomic E-state index is 13.5. The standard InChI is InChI=1S/C18H18F3N3O4S/c1-24-7-14-11(4-5-18(8-28-9-18)23-29(14,26)27)15(24)17(25)22-10-2-3-13(19)12(6-10)16(20)21/h2-3,6-7,16,23H,4-5,8-9H2,1H3,(H,22,25). The van der Waals surface area contributed by atoms with Crippen LogP contribution >= 0.6 is 0 Å². The second kappa shape index (κ2) is 6.85. The molecule has 1 fully saturated rings. The quantitative estimate of drug-likeness (QED) is 0.784. The summed E-state index contributed by atoms with van der Waals surface area (Å²) < 4.78 is 74.0. The second-order valence-corrected chi connectivity index (χ2v) is 8.95. The Bertz CT molecular complexity index is 1090. The summed E-state index contributed by atoms with van der Waals surface area (Å²) in [5.74, 6) is -1.74. The number of anilines is 1. The van der Waals surface area contributed by atoms with Gasteiger partial charge in [-0.3, -0.25) is 4.79 Å². The first-order chi connectivity index (χ1) is 13.6. The van der Waals surface area contributed by atoms with Gasteiger partial charge in [0.05, 0.1) is 24.3 Å². The summed E-state index contributed by atoms with van der Waals surface area (Å²) >= 11 is 0. The summed E-state index contributed by atoms with van der Waals surface area (Å²) in [6, 6.07) is 2.87. The fraction of sp³-hybridized carbons (Fsp3) is 0.389. The van der Waals surface area contributed by atoms with Crippen molar-refractivity contribution < 1.29 is 31.1 Å². The maximum Gasteiger partial charge on any atom is 0.272 e. The molecular weight excluding hydrogens is 411 g/mol. The van der Waals surface area contributed by atoms with Crippen LogP contribution in [-0.2, 0) is 28.2 Å². The normalized spacial score (nSPS) is 19.5. The Hall–Kier alpha value is -2.37. The van der Waals surface area contributed by atoms with Gasteiger partial charge >= 0.3 is 0 Å². The molecule has 1 amide bonds. The number of fused-ring (bicyclic) bond motifs is 1. The molecule has 1 aromatic carbocycles. The number of amides is 1. The Morgan fingerprint density at radius 3 is 2.69 bits per heavy atom. The van der Waals surface area contributed by atoms with Crippen molar-refractivity contribution in [3.63, 3.8) is 0 Å². The molecule has 7 nitrogen and oxygen atoms in total. The van der Waals surface area contributed by atoms with Gasteiger partial charge in [-0.1, -0.05) is 0 Å². The van der Waals surface area contributed by atoms with E-state index in [9.17, 15) is 26.4 Å². The Morgan fingerprint density at radius 2 is 2.07 bits per heavy atom. The van der Waals surface area contributed by atoms with E-state index < -0.39 is 39.3 Å². The number of alkyl halides is 2. The maximum atomic E-state index is 13.5. The lowest BCUT2D eigenvalue weighted by Crippen LogP contribution is -2.61. The Morgan fingerprint density at radius 1 is 1.34 bits per heavy atom. The third-order valence-corrected chi connectivity index (χ3v) is 6.83. The summed E-state index contributed by atoms with van der Waals surface area (Å²) in [4.78, 5) is 12.9. The first-order valence-electron chi connectivity index (χ1n) is 8.81. The number of rotatable bonds is 3. The third-order valence-electron chi connectivity index (χ3n) is 5.20. The molecule has 156 valence electrons. The van der Waals surface area contributed by atoms with Gasteiger partial charge in [0.25, 0.3) is 12.3 Å². The summed E-state index contributed by atoms with van der Waals surface area (Å²) in [5, 5.41) is 2.45. The Kier molecular flexibility index (Phi) is 4.71. The number of benzene rings is 1. The zero-order valence-electron chi connectivity index (χ0n) is 15.3. The molecule has 0 bridgehead atoms. The summed E-state index contributed by atoms with van der Waals surface area (Å²) in [7, 11) is -2.33. The Balaban J connectivity index is 1.68. The van der Waals surface area contributed by atoms with Gasteiger partial charge in [0.15, 0.2) is 0 Å². The minimum atomic E-state index is -3.86. The zero-order chi connectivity index (χ0) is 21.0. The molecule has 1 spiro atoms. The van der Waals surface area contributed by atoms with Crippen molar-refractivity contribution in [3.8, 4) is 0 Å². The molecule has 0 aliphatic carbocycles. The average Bonchev–Trinajstić information content (AvgIpc) is 2.90. The highest BCUT2D eigenvalue weighted by atomic mass is 32.2. The van der Waals surface area contributed by atoms with Gasteiger partial charge in [-0.05, 0) is 31.0 Å². The fourth-order valence-corrected chi connectivity index (χ4v) is 5.42. The van der Waals surface area contributed by atoms with Gasteiger partial charge in [0, 0.05) is 24.5 Å². The molecule has 0 saturated carbocycles. The van der Waals surface area contributed by atoms with E-state index in [-0.39, 0.29) is 29.5 Å². The number of aromatic nitrogens is 1. The number of nitrogens with one attached hydrogen (secondary N) is 2. The number of nitrogens with zero attached hydrogens (tertiary/aromatic N) is 1. The van der Waals surface area contributed by atoms with E-state index in [1.807, 2.05) is 0 Å². The average molecular weight is 429 g/mol. The molecule has 0 unspecified atom stereocenters. The number of sulfonamides is 1. The van der Waals surface area contributed by atoms with E-state index >= 15 is 0 Å². The van der Waals surface area contributed by atoms with E-state index in [1.165, 1.54) is 23.9 Å². The molecule has 1 saturated heterocycles. The second-order valence-electron chi connectivity index (χ2n) is 7.30. The van der Waals surface area contributed by atoms with Gasteiger partial charge in [0.1, 0.15) is 16.4 Å². The van der Waals surface area contributed by atoms with Crippen LogP contribution in [0.1, 0.15) is 34.5 Å². The first kappa shape index (κ1) is 19.9. The first-order valence-corrected chi connectivity index (χ1v) is 10.3. The molecular formula is C18H18F3N3O4S. The van der Waals surface area contributed by atoms with Crippen molar-refractivity contribution in [2.45, 2.75) is 29.7 Å². The van der Waals surface area contributed by atoms with E-state index in [0.717, 1.165) is 12.1 Å². The fourth-order valence-electron chi connectivity index (χ4n) is 3.70. The SMILES string of the molecule is Cn1cc2c(c1C(=O)Nc1ccc(F)c(C(F)F)c1)CCC1(COC1)NS2(=O)=O. The van der Waals surface area contributed by atoms with Crippen LogP contribution in [0.3, 0.4) is 0 Å². The smallest absolute Gasteiger partial charge is 0.272 e. The number of aryl methyl sites for hydroxylation is 1. The monoisotopic (exact) mass is 429 g/mol. The highest BCUT2D eigenvalue weighted by Gasteiger charge is 2.46. The third kappa shape index (κ3) is 3.43. The largest absolute Gasteiger partial charge is 0.377 e. The zero-order valence-corrected chi connectivity index (χ0v) is 16.2. The predicted molar refractivity (Wildman–Crippen MR) is 96.9 cm³/mol. The van der Waals surface area contributed by atoms with Gasteiger partial charge in [-0.25, -0.2) is 26.3 Å². The lowest BCUT2D eigenvalue weighted by molar-refractivity contribution is -0.0657. The van der Waals surface area contributed by atoms with Crippen molar-refractivity contribution in [2.75, 3.05) is 18.5 Å². The molecule has 3 heterocycles. The van der Waals surface area contributed by atoms with Crippen LogP contribution < -0.4 is 10.0 Å². The van der Waals surface area contributed by atoms with Gasteiger partial charge < -0.3 is 14.6 Å². The molecule has 1 aromatic heterocycles. The van der Waals surface area contributed by atoms with Crippen molar-refractivity contribution >= 4 is 21.6 Å². The molecule has 2 aliphatic rings. The summed E-state index contributed by atoms with van der Waals surface area (Å²) in [6.07, 6.45) is -0.911. The molecule has 0 atom stereocenters. The summed E-state index contributed by atoms with van der Waals surface area (Å²) in [5.41, 5.74) is -1.07. The van der Waals surface area contributed by atoms with Crippen LogP contribution in [0.5, 0.6) is 0 Å². The van der Waals surface area contributed by atoms with Crippen LogP contribution in [0.25, 0.3) is 0 Å². The molecule has 11 heteroatoms. The number of ether oxygens (including phenoxy) is 1. The molecule has 4 rings (SSSR count). The summed E-state index contributed by atoms with van der Waals surface area (Å²) in [6.45, 7) is 0.520. The van der Waals surface area contributed by atoms with Gasteiger partial charge in [-0.2, -0.15) is 0 Å². The van der Waals surface area contributed by atoms with Crippen molar-refractivity contribution in [2.24, 2.45) is 7.05 Å². The predicted octanol–water partition coefficient (Wildman–Crippen LogP) is 2.35. The molecule has 2 N–H and O–H groups in total. The van der Waals surface area contributed by atoms with E-state index in [2.05, 4.69) is 10.0 Å². The molecule has 2 aromatic rings. The number of carbonyl (C=O) groups excluding carboxylic acids is 1. The lowest BCUT2D eigenvalue weighted by atomic mass is 9.90. The molecule has 0 radical (unpaired) electrons. The number of halogens is 3. The van der Waals surface area contributed by atoms with E-state index in [4.69, 9.17) is 4.74 Å². The molecule has 2 aliphatic heterocycles. The van der Waals surface area contributed by atoms with Crippen LogP contribution in [-0.4, -0.2) is 37.6 Å². The minimum absolute atomic E-state index is 0.00120. The van der Waals surface area contributed by atoms with E-state index in [1.54, 1.807) is 0 Å². The van der Waals surface area contributed by atoms with Crippen LogP contribution in [0.2, 0.25) is 0 Å². The van der Waals surface area contributed by atoms with Crippen LogP contribution in [0.4, 0.5) is 18.9 Å². The van der Waals surface area contributed by atoms with Crippen LogP contribution in [0, 0.1) is 5.82 Å². The van der Waals surface area contributed by atoms with Crippen LogP contribution in [0.15, 0.2) is 29.3 Å². The highest BCUT2D eigenvalue weighted by Crippen LogP contribution is 2.34. The number of hydrogen-bond donors (Lipinski definition) is 2. The van der Waals surface area contributed by atoms with Gasteiger partial charge in [-0.15, -0.1) is 0 Å². The number of hydrogen-bond acceptors (Lipinski definition) is 4. The van der Waals surface area contributed by atoms with Crippen molar-refractivity contribution in [1.29, 1.82) is 0 Å². The van der Waals surface area contributed by atoms with E-state index in [0.29, 0.717) is 18.4 Å². The lowest BCUT2D eigenvalue weighted by Gasteiger charge is -2.40. The van der Waals surface area contributed by atoms with Crippen molar-refractivity contribution in [1.82, 2.24) is 9.29 Å². The van der Waals surface area contributed by atoms with Crippen molar-refractivity contribution in [3.05, 3.63) is 47.0 Å². The molecule has 29 heavy (non-hydrogen) atoms. The Labute approximate surface area is 164 Å². The van der Waals surface area contributed by atoms with Gasteiger partial charge in [0.2, 0.25) is 10.0 Å². The topological polar surface area (TPSA) is 89.4 Å².